The summed E-state index contributed by atoms with van der Waals surface area (Å²) in [7, 11) is 0. The first-order valence-corrected chi connectivity index (χ1v) is 8.10. The summed E-state index contributed by atoms with van der Waals surface area (Å²) in [6.07, 6.45) is 5.69. The number of benzene rings is 1. The van der Waals surface area contributed by atoms with E-state index < -0.39 is 0 Å². The first-order chi connectivity index (χ1) is 9.54. The molecule has 2 rings (SSSR count). The van der Waals surface area contributed by atoms with Crippen LogP contribution in [0, 0.1) is 6.92 Å². The van der Waals surface area contributed by atoms with E-state index in [2.05, 4.69) is 40.3 Å². The molecule has 0 heterocycles. The molecule has 1 aliphatic carbocycles. The summed E-state index contributed by atoms with van der Waals surface area (Å²) in [4.78, 5) is 12.1. The standard InChI is InChI=1S/C16H23BrN2O.ClH/c1-12-10-13(4-6-14(12)17)5-7-15(20)19-16(11-18)8-2-3-9-16;/h4,6,10H,2-3,5,7-9,11,18H2,1H3,(H,19,20);1H. The van der Waals surface area contributed by atoms with Gasteiger partial charge in [-0.05, 0) is 43.4 Å². The number of halogens is 2. The summed E-state index contributed by atoms with van der Waals surface area (Å²) in [6.45, 7) is 2.62. The van der Waals surface area contributed by atoms with Crippen LogP contribution in [-0.4, -0.2) is 18.0 Å². The zero-order valence-electron chi connectivity index (χ0n) is 12.5. The minimum absolute atomic E-state index is 0. The summed E-state index contributed by atoms with van der Waals surface area (Å²) in [5, 5.41) is 3.17. The highest BCUT2D eigenvalue weighted by Gasteiger charge is 2.33. The van der Waals surface area contributed by atoms with Crippen LogP contribution in [0.25, 0.3) is 0 Å². The van der Waals surface area contributed by atoms with Crippen molar-refractivity contribution in [2.24, 2.45) is 5.73 Å². The maximum Gasteiger partial charge on any atom is 0.220 e. The molecule has 0 atom stereocenters. The van der Waals surface area contributed by atoms with E-state index in [0.717, 1.165) is 23.7 Å². The third-order valence-corrected chi connectivity index (χ3v) is 5.11. The van der Waals surface area contributed by atoms with Crippen molar-refractivity contribution in [3.05, 3.63) is 33.8 Å². The lowest BCUT2D eigenvalue weighted by molar-refractivity contribution is -0.122. The molecule has 1 aromatic rings. The van der Waals surface area contributed by atoms with Crippen LogP contribution in [-0.2, 0) is 11.2 Å². The van der Waals surface area contributed by atoms with Crippen molar-refractivity contribution in [3.8, 4) is 0 Å². The largest absolute Gasteiger partial charge is 0.349 e. The second-order valence-corrected chi connectivity index (χ2v) is 6.68. The van der Waals surface area contributed by atoms with Gasteiger partial charge >= 0.3 is 0 Å². The Balaban J connectivity index is 0.00000220. The molecule has 1 saturated carbocycles. The molecule has 0 aliphatic heterocycles. The molecular formula is C16H24BrClN2O. The number of carbonyl (C=O) groups is 1. The van der Waals surface area contributed by atoms with Gasteiger partial charge in [0.05, 0.1) is 5.54 Å². The minimum atomic E-state index is -0.132. The van der Waals surface area contributed by atoms with Crippen LogP contribution in [0.1, 0.15) is 43.2 Å². The Morgan fingerprint density at radius 3 is 2.62 bits per heavy atom. The normalized spacial score (nSPS) is 16.3. The number of amides is 1. The highest BCUT2D eigenvalue weighted by atomic mass is 79.9. The van der Waals surface area contributed by atoms with Crippen LogP contribution in [0.2, 0.25) is 0 Å². The van der Waals surface area contributed by atoms with Gasteiger partial charge in [-0.1, -0.05) is 40.9 Å². The van der Waals surface area contributed by atoms with Gasteiger partial charge in [0, 0.05) is 17.4 Å². The number of rotatable bonds is 5. The van der Waals surface area contributed by atoms with E-state index in [4.69, 9.17) is 5.73 Å². The van der Waals surface area contributed by atoms with Gasteiger partial charge in [-0.25, -0.2) is 0 Å². The van der Waals surface area contributed by atoms with Crippen LogP contribution in [0.3, 0.4) is 0 Å². The number of hydrogen-bond donors (Lipinski definition) is 2. The number of carbonyl (C=O) groups excluding carboxylic acids is 1. The Bertz CT molecular complexity index is 487. The molecule has 0 unspecified atom stereocenters. The fourth-order valence-corrected chi connectivity index (χ4v) is 3.16. The number of nitrogens with two attached hydrogens (primary N) is 1. The quantitative estimate of drug-likeness (QED) is 0.827. The Kier molecular flexibility index (Phi) is 7.17. The number of aryl methyl sites for hydroxylation is 2. The highest BCUT2D eigenvalue weighted by molar-refractivity contribution is 9.10. The fraction of sp³-hybridized carbons (Fsp3) is 0.562. The summed E-state index contributed by atoms with van der Waals surface area (Å²) in [6, 6.07) is 6.24. The minimum Gasteiger partial charge on any atom is -0.349 e. The summed E-state index contributed by atoms with van der Waals surface area (Å²) >= 11 is 3.49. The van der Waals surface area contributed by atoms with Crippen LogP contribution >= 0.6 is 28.3 Å². The fourth-order valence-electron chi connectivity index (χ4n) is 2.91. The molecule has 21 heavy (non-hydrogen) atoms. The average Bonchev–Trinajstić information content (AvgIpc) is 2.89. The van der Waals surface area contributed by atoms with E-state index in [1.165, 1.54) is 24.0 Å². The Morgan fingerprint density at radius 1 is 1.38 bits per heavy atom. The Morgan fingerprint density at radius 2 is 2.05 bits per heavy atom. The first-order valence-electron chi connectivity index (χ1n) is 7.31. The van der Waals surface area contributed by atoms with E-state index in [0.29, 0.717) is 13.0 Å². The molecule has 3 N–H and O–H groups in total. The predicted octanol–water partition coefficient (Wildman–Crippen LogP) is 3.50. The second-order valence-electron chi connectivity index (χ2n) is 5.82. The Hall–Kier alpha value is -0.580. The topological polar surface area (TPSA) is 55.1 Å². The molecule has 0 saturated heterocycles. The van der Waals surface area contributed by atoms with E-state index in [1.54, 1.807) is 0 Å². The smallest absolute Gasteiger partial charge is 0.220 e. The lowest BCUT2D eigenvalue weighted by atomic mass is 9.97. The molecule has 0 bridgehead atoms. The zero-order valence-corrected chi connectivity index (χ0v) is 14.9. The molecule has 3 nitrogen and oxygen atoms in total. The van der Waals surface area contributed by atoms with Gasteiger partial charge < -0.3 is 11.1 Å². The van der Waals surface area contributed by atoms with Crippen molar-refractivity contribution in [2.45, 2.75) is 51.0 Å². The van der Waals surface area contributed by atoms with Crippen LogP contribution in [0.4, 0.5) is 0 Å². The maximum atomic E-state index is 12.1. The average molecular weight is 376 g/mol. The lowest BCUT2D eigenvalue weighted by Gasteiger charge is -2.28. The van der Waals surface area contributed by atoms with Crippen molar-refractivity contribution >= 4 is 34.2 Å². The van der Waals surface area contributed by atoms with Crippen molar-refractivity contribution in [1.29, 1.82) is 0 Å². The predicted molar refractivity (Wildman–Crippen MR) is 92.8 cm³/mol. The van der Waals surface area contributed by atoms with Crippen molar-refractivity contribution in [3.63, 3.8) is 0 Å². The van der Waals surface area contributed by atoms with E-state index in [9.17, 15) is 4.79 Å². The number of nitrogens with one attached hydrogen (secondary N) is 1. The van der Waals surface area contributed by atoms with E-state index in [-0.39, 0.29) is 23.9 Å². The van der Waals surface area contributed by atoms with Gasteiger partial charge in [-0.2, -0.15) is 0 Å². The van der Waals surface area contributed by atoms with Gasteiger partial charge in [0.25, 0.3) is 0 Å². The highest BCUT2D eigenvalue weighted by Crippen LogP contribution is 2.28. The first kappa shape index (κ1) is 18.5. The monoisotopic (exact) mass is 374 g/mol. The molecule has 1 fully saturated rings. The molecule has 0 aromatic heterocycles. The van der Waals surface area contributed by atoms with Crippen molar-refractivity contribution in [1.82, 2.24) is 5.32 Å². The third kappa shape index (κ3) is 4.97. The molecular weight excluding hydrogens is 352 g/mol. The van der Waals surface area contributed by atoms with Crippen LogP contribution < -0.4 is 11.1 Å². The van der Waals surface area contributed by atoms with E-state index in [1.807, 2.05) is 6.07 Å². The summed E-state index contributed by atoms with van der Waals surface area (Å²) in [5.74, 6) is 0.123. The van der Waals surface area contributed by atoms with Crippen LogP contribution in [0.5, 0.6) is 0 Å². The van der Waals surface area contributed by atoms with Gasteiger partial charge in [0.2, 0.25) is 5.91 Å². The molecule has 118 valence electrons. The molecule has 1 aliphatic rings. The number of hydrogen-bond acceptors (Lipinski definition) is 2. The van der Waals surface area contributed by atoms with Gasteiger partial charge in [-0.3, -0.25) is 4.79 Å². The zero-order chi connectivity index (χ0) is 14.6. The second kappa shape index (κ2) is 8.16. The van der Waals surface area contributed by atoms with Gasteiger partial charge in [0.15, 0.2) is 0 Å². The summed E-state index contributed by atoms with van der Waals surface area (Å²) in [5.41, 5.74) is 8.12. The lowest BCUT2D eigenvalue weighted by Crippen LogP contribution is -2.51. The Labute approximate surface area is 141 Å². The molecule has 0 radical (unpaired) electrons. The van der Waals surface area contributed by atoms with Crippen molar-refractivity contribution in [2.75, 3.05) is 6.54 Å². The molecule has 5 heteroatoms. The summed E-state index contributed by atoms with van der Waals surface area (Å²) < 4.78 is 1.11. The van der Waals surface area contributed by atoms with Crippen LogP contribution in [0.15, 0.2) is 22.7 Å². The third-order valence-electron chi connectivity index (χ3n) is 4.22. The van der Waals surface area contributed by atoms with Crippen molar-refractivity contribution < 1.29 is 4.79 Å². The maximum absolute atomic E-state index is 12.1. The van der Waals surface area contributed by atoms with Gasteiger partial charge in [-0.15, -0.1) is 12.4 Å². The molecule has 1 aromatic carbocycles. The molecule has 1 amide bonds. The van der Waals surface area contributed by atoms with E-state index >= 15 is 0 Å². The SMILES string of the molecule is Cc1cc(CCC(=O)NC2(CN)CCCC2)ccc1Br.Cl. The van der Waals surface area contributed by atoms with Gasteiger partial charge in [0.1, 0.15) is 0 Å². The molecule has 0 spiro atoms.